The molecule has 1 aromatic heterocycles. The van der Waals surface area contributed by atoms with Gasteiger partial charge in [-0.3, -0.25) is 9.59 Å². The van der Waals surface area contributed by atoms with E-state index < -0.39 is 11.7 Å². The first-order chi connectivity index (χ1) is 16.6. The van der Waals surface area contributed by atoms with Crippen LogP contribution in [0.2, 0.25) is 5.02 Å². The van der Waals surface area contributed by atoms with Crippen LogP contribution in [0.5, 0.6) is 11.6 Å². The number of halogens is 4. The van der Waals surface area contributed by atoms with E-state index in [1.54, 1.807) is 0 Å². The van der Waals surface area contributed by atoms with Gasteiger partial charge in [-0.05, 0) is 42.2 Å². The molecule has 1 amide bonds. The number of aromatic nitrogens is 2. The number of benzene rings is 2. The Bertz CT molecular complexity index is 1280. The molecule has 1 saturated carbocycles. The third-order valence-corrected chi connectivity index (χ3v) is 5.71. The third kappa shape index (κ3) is 6.57. The Balaban J connectivity index is 1.39. The van der Waals surface area contributed by atoms with E-state index in [2.05, 4.69) is 15.3 Å². The number of amides is 1. The number of carbonyl (C=O) groups is 2. The van der Waals surface area contributed by atoms with Crippen LogP contribution >= 0.6 is 11.6 Å². The average molecular weight is 504 g/mol. The van der Waals surface area contributed by atoms with Crippen LogP contribution in [-0.2, 0) is 28.4 Å². The van der Waals surface area contributed by atoms with Crippen LogP contribution in [0, 0.1) is 11.7 Å². The van der Waals surface area contributed by atoms with Gasteiger partial charge in [0.1, 0.15) is 29.5 Å². The summed E-state index contributed by atoms with van der Waals surface area (Å²) < 4.78 is 47.6. The smallest absolute Gasteiger partial charge is 0.271 e. The number of nitrogens with zero attached hydrogens (tertiary/aromatic N) is 2. The van der Waals surface area contributed by atoms with E-state index >= 15 is 0 Å². The zero-order valence-corrected chi connectivity index (χ0v) is 19.4. The summed E-state index contributed by atoms with van der Waals surface area (Å²) in [5, 5.41) is 2.59. The number of nitrogens with one attached hydrogen (secondary N) is 1. The van der Waals surface area contributed by atoms with Crippen LogP contribution < -0.4 is 10.1 Å². The van der Waals surface area contributed by atoms with Gasteiger partial charge in [0.2, 0.25) is 11.8 Å². The number of ether oxygens (including phenoxy) is 1. The largest absolute Gasteiger partial charge is 0.439 e. The molecule has 182 valence electrons. The molecule has 2 aromatic carbocycles. The SMILES string of the molecule is CC(F)(F)c1cc(CC(=O)Cc2ccc(Oc3cc(NC(=O)C4CC4)ncn3)cc2F)ccc1Cl. The molecule has 0 spiro atoms. The number of anilines is 1. The lowest BCUT2D eigenvalue weighted by Crippen LogP contribution is -2.14. The lowest BCUT2D eigenvalue weighted by molar-refractivity contribution is -0.118. The highest BCUT2D eigenvalue weighted by Crippen LogP contribution is 2.34. The average Bonchev–Trinajstić information content (AvgIpc) is 3.62. The number of ketones is 1. The molecule has 3 aromatic rings. The first-order valence-electron chi connectivity index (χ1n) is 10.9. The first-order valence-corrected chi connectivity index (χ1v) is 11.2. The molecule has 1 fully saturated rings. The second-order valence-electron chi connectivity index (χ2n) is 8.46. The van der Waals surface area contributed by atoms with Gasteiger partial charge >= 0.3 is 0 Å². The molecule has 0 unspecified atom stereocenters. The summed E-state index contributed by atoms with van der Waals surface area (Å²) in [5.74, 6) is -3.74. The number of carbonyl (C=O) groups excluding carboxylic acids is 2. The number of rotatable bonds is 9. The molecule has 0 aliphatic heterocycles. The monoisotopic (exact) mass is 503 g/mol. The summed E-state index contributed by atoms with van der Waals surface area (Å²) >= 11 is 5.83. The third-order valence-electron chi connectivity index (χ3n) is 5.38. The Morgan fingerprint density at radius 3 is 2.57 bits per heavy atom. The van der Waals surface area contributed by atoms with Crippen LogP contribution in [0.1, 0.15) is 36.5 Å². The zero-order valence-electron chi connectivity index (χ0n) is 18.7. The van der Waals surface area contributed by atoms with Crippen LogP contribution in [0.15, 0.2) is 48.8 Å². The number of hydrogen-bond acceptors (Lipinski definition) is 5. The Morgan fingerprint density at radius 1 is 1.11 bits per heavy atom. The summed E-state index contributed by atoms with van der Waals surface area (Å²) in [6, 6.07) is 9.43. The Labute approximate surface area is 204 Å². The van der Waals surface area contributed by atoms with Gasteiger partial charge in [0.25, 0.3) is 5.92 Å². The highest BCUT2D eigenvalue weighted by molar-refractivity contribution is 6.31. The van der Waals surface area contributed by atoms with Crippen molar-refractivity contribution in [3.63, 3.8) is 0 Å². The summed E-state index contributed by atoms with van der Waals surface area (Å²) in [5.41, 5.74) is 0.138. The minimum atomic E-state index is -3.15. The van der Waals surface area contributed by atoms with Crippen LogP contribution in [0.4, 0.5) is 19.0 Å². The van der Waals surface area contributed by atoms with E-state index in [-0.39, 0.29) is 64.0 Å². The quantitative estimate of drug-likeness (QED) is 0.394. The van der Waals surface area contributed by atoms with Gasteiger partial charge in [0.05, 0.1) is 0 Å². The van der Waals surface area contributed by atoms with Gasteiger partial charge in [-0.2, -0.15) is 0 Å². The number of Topliss-reactive ketones (excluding diaryl/α,β-unsaturated/α-hetero) is 1. The maximum Gasteiger partial charge on any atom is 0.271 e. The molecule has 10 heteroatoms. The first kappa shape index (κ1) is 24.7. The van der Waals surface area contributed by atoms with E-state index in [1.807, 2.05) is 0 Å². The van der Waals surface area contributed by atoms with E-state index in [9.17, 15) is 22.8 Å². The molecule has 1 N–H and O–H groups in total. The van der Waals surface area contributed by atoms with Crippen molar-refractivity contribution in [1.29, 1.82) is 0 Å². The second-order valence-corrected chi connectivity index (χ2v) is 8.86. The molecule has 0 radical (unpaired) electrons. The lowest BCUT2D eigenvalue weighted by atomic mass is 9.99. The fourth-order valence-corrected chi connectivity index (χ4v) is 3.70. The van der Waals surface area contributed by atoms with Crippen LogP contribution in [0.25, 0.3) is 0 Å². The highest BCUT2D eigenvalue weighted by Gasteiger charge is 2.30. The van der Waals surface area contributed by atoms with Gasteiger partial charge in [-0.25, -0.2) is 23.1 Å². The molecule has 1 aliphatic rings. The van der Waals surface area contributed by atoms with Gasteiger partial charge < -0.3 is 10.1 Å². The summed E-state index contributed by atoms with van der Waals surface area (Å²) in [7, 11) is 0. The van der Waals surface area contributed by atoms with Crippen molar-refractivity contribution in [1.82, 2.24) is 9.97 Å². The summed E-state index contributed by atoms with van der Waals surface area (Å²) in [4.78, 5) is 32.3. The molecule has 0 saturated heterocycles. The predicted molar refractivity (Wildman–Crippen MR) is 123 cm³/mol. The second kappa shape index (κ2) is 10.0. The fraction of sp³-hybridized carbons (Fsp3) is 0.280. The molecule has 6 nitrogen and oxygen atoms in total. The normalized spacial score (nSPS) is 13.4. The van der Waals surface area contributed by atoms with Crippen molar-refractivity contribution in [3.8, 4) is 11.6 Å². The maximum absolute atomic E-state index is 14.6. The Kier molecular flexibility index (Phi) is 7.07. The highest BCUT2D eigenvalue weighted by atomic mass is 35.5. The van der Waals surface area contributed by atoms with E-state index in [4.69, 9.17) is 16.3 Å². The van der Waals surface area contributed by atoms with Crippen molar-refractivity contribution in [2.75, 3.05) is 5.32 Å². The van der Waals surface area contributed by atoms with Gasteiger partial charge in [0, 0.05) is 48.4 Å². The van der Waals surface area contributed by atoms with Crippen molar-refractivity contribution in [3.05, 3.63) is 76.3 Å². The van der Waals surface area contributed by atoms with E-state index in [0.717, 1.165) is 25.8 Å². The van der Waals surface area contributed by atoms with Crippen molar-refractivity contribution < 1.29 is 27.5 Å². The Hall–Kier alpha value is -3.46. The molecule has 1 heterocycles. The topological polar surface area (TPSA) is 81.2 Å². The maximum atomic E-state index is 14.6. The van der Waals surface area contributed by atoms with Crippen LogP contribution in [0.3, 0.4) is 0 Å². The molecular formula is C25H21ClF3N3O3. The van der Waals surface area contributed by atoms with Gasteiger partial charge in [-0.1, -0.05) is 23.7 Å². The number of hydrogen-bond donors (Lipinski definition) is 1. The lowest BCUT2D eigenvalue weighted by Gasteiger charge is -2.14. The molecule has 35 heavy (non-hydrogen) atoms. The van der Waals surface area contributed by atoms with E-state index in [0.29, 0.717) is 5.56 Å². The number of alkyl halides is 2. The standard InChI is InChI=1S/C25H21ClF3N3O3/c1-25(28,29)19-9-14(2-7-20(19)26)8-17(33)10-16-5-6-18(11-21(16)27)35-23-12-22(30-13-31-23)32-24(34)15-3-4-15/h2,5-7,9,11-13,15H,3-4,8,10H2,1H3,(H,30,31,32,34). The zero-order chi connectivity index (χ0) is 25.2. The molecule has 1 aliphatic carbocycles. The predicted octanol–water partition coefficient (Wildman–Crippen LogP) is 5.88. The molecule has 0 atom stereocenters. The van der Waals surface area contributed by atoms with Crippen molar-refractivity contribution >= 4 is 29.1 Å². The molecule has 0 bridgehead atoms. The summed E-state index contributed by atoms with van der Waals surface area (Å²) in [6.45, 7) is 0.727. The molecular weight excluding hydrogens is 483 g/mol. The van der Waals surface area contributed by atoms with Crippen molar-refractivity contribution in [2.24, 2.45) is 5.92 Å². The Morgan fingerprint density at radius 2 is 1.89 bits per heavy atom. The minimum Gasteiger partial charge on any atom is -0.439 e. The van der Waals surface area contributed by atoms with E-state index in [1.165, 1.54) is 42.7 Å². The van der Waals surface area contributed by atoms with Gasteiger partial charge in [-0.15, -0.1) is 0 Å². The molecule has 4 rings (SSSR count). The minimum absolute atomic E-state index is 0.00742. The van der Waals surface area contributed by atoms with Crippen LogP contribution in [-0.4, -0.2) is 21.7 Å². The summed E-state index contributed by atoms with van der Waals surface area (Å²) in [6.07, 6.45) is 2.55. The fourth-order valence-electron chi connectivity index (χ4n) is 3.41. The van der Waals surface area contributed by atoms with Crippen molar-refractivity contribution in [2.45, 2.75) is 38.5 Å². The van der Waals surface area contributed by atoms with Gasteiger partial charge in [0.15, 0.2) is 0 Å².